The predicted molar refractivity (Wildman–Crippen MR) is 560 cm³/mol. The van der Waals surface area contributed by atoms with Crippen molar-refractivity contribution in [1.29, 1.82) is 0 Å². The third kappa shape index (κ3) is 16.6. The fourth-order valence-electron chi connectivity index (χ4n) is 19.2. The quantitative estimate of drug-likeness (QED) is 0.110. The number of nitrogens with zero attached hydrogens (tertiary/aromatic N) is 4. The van der Waals surface area contributed by atoms with Crippen LogP contribution in [0.1, 0.15) is 122 Å². The van der Waals surface area contributed by atoms with Crippen LogP contribution in [0.5, 0.6) is 17.2 Å². The van der Waals surface area contributed by atoms with E-state index in [0.717, 1.165) is 93.6 Å². The largest absolute Gasteiger partial charge is 0.508 e. The van der Waals surface area contributed by atoms with Crippen LogP contribution in [-0.4, -0.2) is 25.4 Å². The molecule has 16 aromatic carbocycles. The Morgan fingerprint density at radius 2 is 0.649 bits per heavy atom. The highest BCUT2D eigenvalue weighted by Crippen LogP contribution is 2.58. The van der Waals surface area contributed by atoms with Crippen LogP contribution >= 0.6 is 22.7 Å². The van der Waals surface area contributed by atoms with Crippen molar-refractivity contribution >= 4 is 96.0 Å². The average Bonchev–Trinajstić information content (AvgIpc) is 1.57. The predicted octanol–water partition coefficient (Wildman–Crippen LogP) is 36.0. The molecule has 648 valence electrons. The van der Waals surface area contributed by atoms with Gasteiger partial charge in [-0.1, -0.05) is 261 Å². The normalized spacial score (nSPS) is 12.9. The van der Waals surface area contributed by atoms with Crippen LogP contribution in [0.4, 0.5) is 62.6 Å². The topological polar surface area (TPSA) is 51.7 Å². The SMILES string of the molecule is CCC(C)(C)c1ccc(N2c3ccc(-c4cccs4)cc3-c3ccccc3-c3cc(-c4cccs4)ccc32)cc1.CCC(C)N1c2ccccc2-c2cc3ccccc3cc2-c2ccccc21.CCC(C)c1ccc(N2c3ccc(C)cc3-c3ccccc3-c3cc(O)ccc32)cc1.CCC(C)c1ccc(N2c3ccc(OC)cc3-c3ccccc3-c3cc(OC)ccc32)cc1. The lowest BCUT2D eigenvalue weighted by Gasteiger charge is -2.32. The zero-order valence-electron chi connectivity index (χ0n) is 76.7. The first-order valence-corrected chi connectivity index (χ1v) is 47.9. The molecule has 1 N–H and O–H groups in total. The molecule has 22 rings (SSSR count). The van der Waals surface area contributed by atoms with E-state index in [0.29, 0.717) is 17.9 Å². The van der Waals surface area contributed by atoms with Crippen LogP contribution < -0.4 is 29.1 Å². The summed E-state index contributed by atoms with van der Waals surface area (Å²) in [7, 11) is 3.44. The number of phenols is 1. The second-order valence-electron chi connectivity index (χ2n) is 35.5. The number of thiophene rings is 2. The molecule has 0 aliphatic carbocycles. The smallest absolute Gasteiger partial charge is 0.119 e. The Balaban J connectivity index is 0.000000114. The number of ether oxygens (including phenoxy) is 2. The van der Waals surface area contributed by atoms with Crippen molar-refractivity contribution in [2.45, 2.75) is 118 Å². The molecule has 2 aromatic heterocycles. The molecule has 18 aromatic rings. The Morgan fingerprint density at radius 3 is 1.02 bits per heavy atom. The molecular weight excluding hydrogens is 1630 g/mol. The Morgan fingerprint density at radius 1 is 0.305 bits per heavy atom. The Labute approximate surface area is 781 Å². The van der Waals surface area contributed by atoms with Gasteiger partial charge in [0, 0.05) is 88.7 Å². The van der Waals surface area contributed by atoms with E-state index in [9.17, 15) is 5.11 Å². The molecule has 0 amide bonds. The Hall–Kier alpha value is -14.2. The van der Waals surface area contributed by atoms with Gasteiger partial charge in [0.1, 0.15) is 17.2 Å². The summed E-state index contributed by atoms with van der Waals surface area (Å²) in [5.41, 5.74) is 40.5. The highest BCUT2D eigenvalue weighted by atomic mass is 32.1. The molecule has 131 heavy (non-hydrogen) atoms. The standard InChI is InChI=1S/C37H31NS2.C30H29NO2.C29H27NO.C26H23N/c1-4-37(2,3)27-15-17-28(18-16-27)38-33-19-13-25(35-11-7-21-39-35)23-31(33)29-9-5-6-10-30(29)32-24-26(14-20-34(32)38)36-12-8-22-40-36;1-5-20(2)21-10-12-22(13-11-21)31-29-16-14-23(32-3)18-27(29)25-8-6-7-9-26(25)28-19-24(33-4)15-17-30(28)31;1-4-20(3)21-10-12-22(13-11-21)30-28-15-9-19(2)17-26(28)24-7-5-6-8-25(24)27-18-23(31)14-16-29(27)30;1-3-18(2)27-25-14-8-6-12-21(25)23-16-19-10-4-5-11-20(19)17-24(23)22-13-7-9-15-26(22)27/h5-24H,4H2,1-3H3;6-20H,5H2,1-4H3;5-18,20,31H,4H2,1-3H3;4-18H,3H2,1-2H3. The number of anilines is 11. The van der Waals surface area contributed by atoms with Crippen molar-refractivity contribution in [2.24, 2.45) is 0 Å². The third-order valence-electron chi connectivity index (χ3n) is 27.4. The summed E-state index contributed by atoms with van der Waals surface area (Å²) >= 11 is 3.58. The van der Waals surface area contributed by atoms with Gasteiger partial charge in [-0.2, -0.15) is 0 Å². The number of methoxy groups -OCH3 is 2. The van der Waals surface area contributed by atoms with Crippen LogP contribution in [0, 0.1) is 6.92 Å². The van der Waals surface area contributed by atoms with Crippen molar-refractivity contribution in [2.75, 3.05) is 33.8 Å². The molecule has 9 heteroatoms. The number of fused-ring (bicyclic) bond motifs is 21. The minimum Gasteiger partial charge on any atom is -0.508 e. The molecule has 0 saturated carbocycles. The van der Waals surface area contributed by atoms with Crippen LogP contribution in [0.25, 0.3) is 121 Å². The molecule has 0 fully saturated rings. The van der Waals surface area contributed by atoms with Crippen molar-refractivity contribution in [3.8, 4) is 127 Å². The molecule has 0 saturated heterocycles. The fourth-order valence-corrected chi connectivity index (χ4v) is 20.7. The van der Waals surface area contributed by atoms with Gasteiger partial charge in [0.25, 0.3) is 0 Å². The fraction of sp³-hybridized carbons (Fsp3) is 0.164. The lowest BCUT2D eigenvalue weighted by atomic mass is 9.82. The highest BCUT2D eigenvalue weighted by Gasteiger charge is 2.34. The van der Waals surface area contributed by atoms with E-state index >= 15 is 0 Å². The molecule has 3 unspecified atom stereocenters. The van der Waals surface area contributed by atoms with E-state index in [-0.39, 0.29) is 11.2 Å². The van der Waals surface area contributed by atoms with Crippen LogP contribution in [0.3, 0.4) is 0 Å². The second-order valence-corrected chi connectivity index (χ2v) is 37.4. The van der Waals surface area contributed by atoms with Gasteiger partial charge in [-0.25, -0.2) is 0 Å². The van der Waals surface area contributed by atoms with E-state index in [2.05, 4.69) is 433 Å². The van der Waals surface area contributed by atoms with Crippen molar-refractivity contribution in [3.05, 3.63) is 397 Å². The van der Waals surface area contributed by atoms with E-state index < -0.39 is 0 Å². The average molecular weight is 1740 g/mol. The number of benzene rings is 16. The van der Waals surface area contributed by atoms with Crippen LogP contribution in [0.15, 0.2) is 375 Å². The maximum absolute atomic E-state index is 10.3. The summed E-state index contributed by atoms with van der Waals surface area (Å²) in [6.07, 6.45) is 4.46. The van der Waals surface area contributed by atoms with Gasteiger partial charge in [-0.3, -0.25) is 0 Å². The number of rotatable bonds is 15. The zero-order chi connectivity index (χ0) is 90.1. The number of hydrogen-bond donors (Lipinski definition) is 1. The van der Waals surface area contributed by atoms with Crippen LogP contribution in [-0.2, 0) is 5.41 Å². The van der Waals surface area contributed by atoms with Gasteiger partial charge in [0.05, 0.1) is 48.3 Å². The van der Waals surface area contributed by atoms with Gasteiger partial charge >= 0.3 is 0 Å². The first kappa shape index (κ1) is 86.2. The minimum absolute atomic E-state index is 0.147. The molecule has 3 atom stereocenters. The second kappa shape index (κ2) is 37.1. The highest BCUT2D eigenvalue weighted by molar-refractivity contribution is 7.13. The maximum atomic E-state index is 10.3. The van der Waals surface area contributed by atoms with Crippen LogP contribution in [0.2, 0.25) is 0 Å². The Kier molecular flexibility index (Phi) is 24.4. The van der Waals surface area contributed by atoms with Gasteiger partial charge in [-0.05, 0) is 314 Å². The van der Waals surface area contributed by atoms with Crippen molar-refractivity contribution in [3.63, 3.8) is 0 Å². The van der Waals surface area contributed by atoms with Gasteiger partial charge < -0.3 is 34.2 Å². The number of aryl methyl sites for hydroxylation is 1. The molecule has 0 radical (unpaired) electrons. The molecular formula is C122H110N4O3S2. The number of hydrogen-bond acceptors (Lipinski definition) is 9. The summed E-state index contributed by atoms with van der Waals surface area (Å²) in [6, 6.07) is 132. The third-order valence-corrected chi connectivity index (χ3v) is 29.2. The van der Waals surface area contributed by atoms with Gasteiger partial charge in [0.15, 0.2) is 0 Å². The number of para-hydroxylation sites is 2. The summed E-state index contributed by atoms with van der Waals surface area (Å²) in [5, 5.41) is 17.2. The molecule has 0 bridgehead atoms. The molecule has 0 spiro atoms. The first-order chi connectivity index (χ1) is 64.0. The summed E-state index contributed by atoms with van der Waals surface area (Å²) in [6.45, 7) is 22.7. The minimum atomic E-state index is 0.147. The monoisotopic (exact) mass is 1740 g/mol. The summed E-state index contributed by atoms with van der Waals surface area (Å²) in [4.78, 5) is 12.2. The van der Waals surface area contributed by atoms with E-state index in [4.69, 9.17) is 9.47 Å². The lowest BCUT2D eigenvalue weighted by Crippen LogP contribution is -2.28. The van der Waals surface area contributed by atoms with E-state index in [1.807, 2.05) is 24.3 Å². The summed E-state index contributed by atoms with van der Waals surface area (Å²) in [5.74, 6) is 3.06. The van der Waals surface area contributed by atoms with Crippen molar-refractivity contribution < 1.29 is 14.6 Å². The van der Waals surface area contributed by atoms with E-state index in [1.54, 1.807) is 43.0 Å². The lowest BCUT2D eigenvalue weighted by molar-refractivity contribution is 0.415. The van der Waals surface area contributed by atoms with Gasteiger partial charge in [-0.15, -0.1) is 22.7 Å². The first-order valence-electron chi connectivity index (χ1n) is 46.2. The van der Waals surface area contributed by atoms with Gasteiger partial charge in [0.2, 0.25) is 0 Å². The zero-order valence-corrected chi connectivity index (χ0v) is 78.4. The maximum Gasteiger partial charge on any atom is 0.119 e. The number of phenolic OH excluding ortho intramolecular Hbond substituents is 1. The van der Waals surface area contributed by atoms with Crippen molar-refractivity contribution in [1.82, 2.24) is 0 Å². The summed E-state index contributed by atoms with van der Waals surface area (Å²) < 4.78 is 11.2. The number of aromatic hydroxyl groups is 1. The molecule has 7 nitrogen and oxygen atoms in total. The Bertz CT molecular complexity index is 6860. The molecule has 4 aliphatic rings. The molecule has 6 heterocycles. The molecule has 4 aliphatic heterocycles. The van der Waals surface area contributed by atoms with E-state index in [1.165, 1.54) is 149 Å².